The van der Waals surface area contributed by atoms with E-state index < -0.39 is 0 Å². The third-order valence-corrected chi connectivity index (χ3v) is 3.28. The summed E-state index contributed by atoms with van der Waals surface area (Å²) in [6.07, 6.45) is 8.00. The van der Waals surface area contributed by atoms with Gasteiger partial charge in [0.05, 0.1) is 0 Å². The van der Waals surface area contributed by atoms with E-state index in [1.807, 2.05) is 0 Å². The fourth-order valence-corrected chi connectivity index (χ4v) is 2.30. The normalized spacial score (nSPS) is 13.7. The summed E-state index contributed by atoms with van der Waals surface area (Å²) in [6.45, 7) is 6.60. The third kappa shape index (κ3) is 4.30. The van der Waals surface area contributed by atoms with E-state index in [4.69, 9.17) is 5.73 Å². The van der Waals surface area contributed by atoms with Crippen molar-refractivity contribution in [3.63, 3.8) is 0 Å². The molecule has 18 heavy (non-hydrogen) atoms. The van der Waals surface area contributed by atoms with Gasteiger partial charge in [-0.1, -0.05) is 64.0 Å². The van der Waals surface area contributed by atoms with Gasteiger partial charge < -0.3 is 5.73 Å². The van der Waals surface area contributed by atoms with Gasteiger partial charge in [-0.15, -0.1) is 0 Å². The van der Waals surface area contributed by atoms with E-state index in [1.165, 1.54) is 23.1 Å². The van der Waals surface area contributed by atoms with Crippen LogP contribution in [0.2, 0.25) is 0 Å². The summed E-state index contributed by atoms with van der Waals surface area (Å²) in [5.41, 5.74) is 10.2. The van der Waals surface area contributed by atoms with Gasteiger partial charge in [-0.05, 0) is 36.0 Å². The molecule has 0 aliphatic carbocycles. The van der Waals surface area contributed by atoms with Crippen molar-refractivity contribution in [3.8, 4) is 0 Å². The zero-order chi connectivity index (χ0) is 13.4. The molecule has 1 atom stereocenters. The molecule has 100 valence electrons. The van der Waals surface area contributed by atoms with Crippen LogP contribution in [0.4, 0.5) is 0 Å². The van der Waals surface area contributed by atoms with E-state index in [1.54, 1.807) is 0 Å². The van der Waals surface area contributed by atoms with Crippen LogP contribution in [0, 0.1) is 0 Å². The highest BCUT2D eigenvalue weighted by Crippen LogP contribution is 2.23. The number of hydrogen-bond acceptors (Lipinski definition) is 1. The maximum Gasteiger partial charge on any atom is 0.0294 e. The van der Waals surface area contributed by atoms with E-state index in [0.29, 0.717) is 0 Å². The van der Waals surface area contributed by atoms with Gasteiger partial charge >= 0.3 is 0 Å². The minimum atomic E-state index is 0.189. The Labute approximate surface area is 112 Å². The second kappa shape index (κ2) is 8.10. The van der Waals surface area contributed by atoms with Crippen LogP contribution < -0.4 is 5.73 Å². The summed E-state index contributed by atoms with van der Waals surface area (Å²) >= 11 is 0. The third-order valence-electron chi connectivity index (χ3n) is 3.28. The molecule has 1 aromatic rings. The predicted molar refractivity (Wildman–Crippen MR) is 81.5 cm³/mol. The SMILES string of the molecule is CC/C=C(\CCC)c1ccc(C(N)CCC)cc1. The average Bonchev–Trinajstić information content (AvgIpc) is 2.39. The van der Waals surface area contributed by atoms with Crippen molar-refractivity contribution >= 4 is 5.57 Å². The summed E-state index contributed by atoms with van der Waals surface area (Å²) in [7, 11) is 0. The molecule has 0 aliphatic rings. The highest BCUT2D eigenvalue weighted by atomic mass is 14.6. The Morgan fingerprint density at radius 1 is 1.11 bits per heavy atom. The molecule has 1 rings (SSSR count). The molecule has 1 unspecified atom stereocenters. The minimum Gasteiger partial charge on any atom is -0.324 e. The lowest BCUT2D eigenvalue weighted by atomic mass is 9.96. The Bertz CT molecular complexity index is 362. The molecule has 0 spiro atoms. The average molecular weight is 245 g/mol. The van der Waals surface area contributed by atoms with Crippen LogP contribution in [-0.2, 0) is 0 Å². The van der Waals surface area contributed by atoms with E-state index in [9.17, 15) is 0 Å². The van der Waals surface area contributed by atoms with Gasteiger partial charge in [-0.25, -0.2) is 0 Å². The van der Waals surface area contributed by atoms with Crippen LogP contribution >= 0.6 is 0 Å². The van der Waals surface area contributed by atoms with Crippen molar-refractivity contribution in [2.24, 2.45) is 5.73 Å². The molecular weight excluding hydrogens is 218 g/mol. The van der Waals surface area contributed by atoms with Crippen LogP contribution in [0.25, 0.3) is 5.57 Å². The summed E-state index contributed by atoms with van der Waals surface area (Å²) in [4.78, 5) is 0. The molecule has 0 saturated carbocycles. The Hall–Kier alpha value is -1.08. The summed E-state index contributed by atoms with van der Waals surface area (Å²) in [5, 5.41) is 0. The van der Waals surface area contributed by atoms with Crippen LogP contribution in [0.1, 0.15) is 70.0 Å². The molecule has 0 radical (unpaired) electrons. The number of allylic oxidation sites excluding steroid dienone is 2. The molecule has 1 heteroatoms. The zero-order valence-corrected chi connectivity index (χ0v) is 12.1. The lowest BCUT2D eigenvalue weighted by molar-refractivity contribution is 0.638. The predicted octanol–water partition coefficient (Wildman–Crippen LogP) is 5.08. The second-order valence-electron chi connectivity index (χ2n) is 4.90. The smallest absolute Gasteiger partial charge is 0.0294 e. The molecule has 1 aromatic carbocycles. The molecule has 0 aromatic heterocycles. The molecule has 0 bridgehead atoms. The number of rotatable bonds is 7. The van der Waals surface area contributed by atoms with E-state index in [2.05, 4.69) is 51.1 Å². The summed E-state index contributed by atoms with van der Waals surface area (Å²) < 4.78 is 0. The topological polar surface area (TPSA) is 26.0 Å². The number of benzene rings is 1. The standard InChI is InChI=1S/C17H27N/c1-4-7-14(8-5-2)15-10-12-16(13-11-15)17(18)9-6-3/h7,10-13,17H,4-6,8-9,18H2,1-3H3/b14-7+. The zero-order valence-electron chi connectivity index (χ0n) is 12.1. The second-order valence-corrected chi connectivity index (χ2v) is 4.90. The molecular formula is C17H27N. The molecule has 1 nitrogen and oxygen atoms in total. The first kappa shape index (κ1) is 15.0. The van der Waals surface area contributed by atoms with Crippen molar-refractivity contribution in [2.75, 3.05) is 0 Å². The van der Waals surface area contributed by atoms with Crippen molar-refractivity contribution in [1.29, 1.82) is 0 Å². The van der Waals surface area contributed by atoms with Gasteiger partial charge in [-0.2, -0.15) is 0 Å². The maximum atomic E-state index is 6.13. The van der Waals surface area contributed by atoms with Gasteiger partial charge in [0, 0.05) is 6.04 Å². The highest BCUT2D eigenvalue weighted by Gasteiger charge is 2.05. The Balaban J connectivity index is 2.83. The van der Waals surface area contributed by atoms with Crippen molar-refractivity contribution in [1.82, 2.24) is 0 Å². The van der Waals surface area contributed by atoms with Gasteiger partial charge in [0.15, 0.2) is 0 Å². The van der Waals surface area contributed by atoms with E-state index >= 15 is 0 Å². The lowest BCUT2D eigenvalue weighted by Crippen LogP contribution is -2.09. The van der Waals surface area contributed by atoms with E-state index in [0.717, 1.165) is 25.7 Å². The quantitative estimate of drug-likeness (QED) is 0.712. The first-order valence-corrected chi connectivity index (χ1v) is 7.27. The maximum absolute atomic E-state index is 6.13. The van der Waals surface area contributed by atoms with Crippen molar-refractivity contribution in [2.45, 2.75) is 58.9 Å². The molecule has 2 N–H and O–H groups in total. The molecule has 0 fully saturated rings. The van der Waals surface area contributed by atoms with Gasteiger partial charge in [0.1, 0.15) is 0 Å². The summed E-state index contributed by atoms with van der Waals surface area (Å²) in [5.74, 6) is 0. The van der Waals surface area contributed by atoms with Crippen LogP contribution in [0.5, 0.6) is 0 Å². The Kier molecular flexibility index (Phi) is 6.74. The minimum absolute atomic E-state index is 0.189. The van der Waals surface area contributed by atoms with Gasteiger partial charge in [0.2, 0.25) is 0 Å². The van der Waals surface area contributed by atoms with Crippen molar-refractivity contribution < 1.29 is 0 Å². The van der Waals surface area contributed by atoms with Crippen LogP contribution in [0.3, 0.4) is 0 Å². The number of nitrogens with two attached hydrogens (primary N) is 1. The molecule has 0 heterocycles. The fourth-order valence-electron chi connectivity index (χ4n) is 2.30. The van der Waals surface area contributed by atoms with Gasteiger partial charge in [-0.3, -0.25) is 0 Å². The van der Waals surface area contributed by atoms with Crippen molar-refractivity contribution in [3.05, 3.63) is 41.5 Å². The summed E-state index contributed by atoms with van der Waals surface area (Å²) in [6, 6.07) is 9.02. The fraction of sp³-hybridized carbons (Fsp3) is 0.529. The largest absolute Gasteiger partial charge is 0.324 e. The number of hydrogen-bond donors (Lipinski definition) is 1. The first-order valence-electron chi connectivity index (χ1n) is 7.27. The van der Waals surface area contributed by atoms with Gasteiger partial charge in [0.25, 0.3) is 0 Å². The highest BCUT2D eigenvalue weighted by molar-refractivity contribution is 5.65. The monoisotopic (exact) mass is 245 g/mol. The van der Waals surface area contributed by atoms with Crippen LogP contribution in [-0.4, -0.2) is 0 Å². The Morgan fingerprint density at radius 3 is 2.28 bits per heavy atom. The molecule has 0 saturated heterocycles. The van der Waals surface area contributed by atoms with Crippen LogP contribution in [0.15, 0.2) is 30.3 Å². The molecule has 0 aliphatic heterocycles. The van der Waals surface area contributed by atoms with E-state index in [-0.39, 0.29) is 6.04 Å². The first-order chi connectivity index (χ1) is 8.72. The lowest BCUT2D eigenvalue weighted by Gasteiger charge is -2.12. The Morgan fingerprint density at radius 2 is 1.78 bits per heavy atom. The molecule has 0 amide bonds.